The van der Waals surface area contributed by atoms with Gasteiger partial charge in [-0.1, -0.05) is 176 Å². The van der Waals surface area contributed by atoms with Crippen LogP contribution in [0.5, 0.6) is 0 Å². The zero-order valence-corrected chi connectivity index (χ0v) is 31.6. The van der Waals surface area contributed by atoms with Gasteiger partial charge in [0.05, 0.1) is 5.69 Å². The van der Waals surface area contributed by atoms with Crippen LogP contribution in [0.15, 0.2) is 217 Å². The van der Waals surface area contributed by atoms with Gasteiger partial charge in [0.15, 0.2) is 0 Å². The molecule has 0 aliphatic heterocycles. The number of rotatable bonds is 5. The standard InChI is InChI=1S/C56H35NO/c1-2-13-36(14-3-1)37-27-31-40(32-28-37)57(41-33-29-38(30-34-41)42-21-11-24-50-47-20-8-9-26-53(47)58-56(42)50)52-35-39-15-10-22-48-45-18-6-4-16-43(45)44-17-5-7-19-46(44)49-23-12-25-51(52)55(49)54(39)48/h1-35H. The minimum absolute atomic E-state index is 0.906. The van der Waals surface area contributed by atoms with E-state index in [1.54, 1.807) is 0 Å². The number of nitrogens with zero attached hydrogens (tertiary/aromatic N) is 1. The van der Waals surface area contributed by atoms with Crippen LogP contribution in [0.4, 0.5) is 17.1 Å². The largest absolute Gasteiger partial charge is 0.455 e. The normalized spacial score (nSPS) is 11.8. The predicted molar refractivity (Wildman–Crippen MR) is 247 cm³/mol. The van der Waals surface area contributed by atoms with E-state index in [0.717, 1.165) is 50.1 Å². The highest BCUT2D eigenvalue weighted by molar-refractivity contribution is 6.34. The lowest BCUT2D eigenvalue weighted by molar-refractivity contribution is 0.670. The minimum atomic E-state index is 0.906. The Bertz CT molecular complexity index is 3550. The maximum absolute atomic E-state index is 6.47. The van der Waals surface area contributed by atoms with Crippen LogP contribution in [0.3, 0.4) is 0 Å². The quantitative estimate of drug-likeness (QED) is 0.164. The summed E-state index contributed by atoms with van der Waals surface area (Å²) >= 11 is 0. The third-order valence-corrected chi connectivity index (χ3v) is 12.0. The number of benzene rings is 10. The van der Waals surface area contributed by atoms with E-state index in [1.807, 2.05) is 12.1 Å². The monoisotopic (exact) mass is 737 g/mol. The van der Waals surface area contributed by atoms with Crippen molar-refractivity contribution in [2.45, 2.75) is 0 Å². The zero-order chi connectivity index (χ0) is 38.2. The van der Waals surface area contributed by atoms with Gasteiger partial charge in [-0.2, -0.15) is 0 Å². The molecule has 0 spiro atoms. The van der Waals surface area contributed by atoms with E-state index in [2.05, 4.69) is 205 Å². The van der Waals surface area contributed by atoms with Gasteiger partial charge in [-0.05, 0) is 96.2 Å². The molecule has 0 radical (unpaired) electrons. The third kappa shape index (κ3) is 4.99. The van der Waals surface area contributed by atoms with Crippen LogP contribution in [-0.4, -0.2) is 0 Å². The van der Waals surface area contributed by atoms with Gasteiger partial charge in [0.2, 0.25) is 0 Å². The second-order valence-corrected chi connectivity index (χ2v) is 15.2. The Morgan fingerprint density at radius 2 is 0.793 bits per heavy atom. The van der Waals surface area contributed by atoms with Crippen LogP contribution < -0.4 is 4.90 Å². The molecule has 0 bridgehead atoms. The Morgan fingerprint density at radius 3 is 1.48 bits per heavy atom. The van der Waals surface area contributed by atoms with E-state index in [1.165, 1.54) is 65.0 Å². The second-order valence-electron chi connectivity index (χ2n) is 15.2. The van der Waals surface area contributed by atoms with Gasteiger partial charge in [-0.15, -0.1) is 0 Å². The van der Waals surface area contributed by atoms with Crippen molar-refractivity contribution in [3.63, 3.8) is 0 Å². The number of fused-ring (bicyclic) bond motifs is 8. The van der Waals surface area contributed by atoms with Gasteiger partial charge in [-0.3, -0.25) is 0 Å². The summed E-state index contributed by atoms with van der Waals surface area (Å²) in [5.74, 6) is 0. The molecule has 11 aromatic carbocycles. The molecular weight excluding hydrogens is 703 g/mol. The second kappa shape index (κ2) is 12.9. The summed E-state index contributed by atoms with van der Waals surface area (Å²) in [6, 6.07) is 77.1. The summed E-state index contributed by atoms with van der Waals surface area (Å²) in [5, 5.41) is 14.8. The lowest BCUT2D eigenvalue weighted by Gasteiger charge is -2.28. The van der Waals surface area contributed by atoms with E-state index in [4.69, 9.17) is 4.42 Å². The molecule has 0 N–H and O–H groups in total. The van der Waals surface area contributed by atoms with E-state index in [-0.39, 0.29) is 0 Å². The smallest absolute Gasteiger partial charge is 0.143 e. The number of anilines is 3. The summed E-state index contributed by atoms with van der Waals surface area (Å²) in [6.07, 6.45) is 0. The van der Waals surface area contributed by atoms with Gasteiger partial charge < -0.3 is 9.32 Å². The summed E-state index contributed by atoms with van der Waals surface area (Å²) in [5.41, 5.74) is 9.70. The molecule has 0 fully saturated rings. The summed E-state index contributed by atoms with van der Waals surface area (Å²) in [6.45, 7) is 0. The molecule has 0 saturated carbocycles. The molecule has 0 saturated heterocycles. The fourth-order valence-electron chi connectivity index (χ4n) is 9.39. The summed E-state index contributed by atoms with van der Waals surface area (Å²) in [7, 11) is 0. The van der Waals surface area contributed by atoms with Gasteiger partial charge in [0, 0.05) is 38.5 Å². The van der Waals surface area contributed by atoms with Crippen molar-refractivity contribution >= 4 is 92.9 Å². The third-order valence-electron chi connectivity index (χ3n) is 12.0. The number of hydrogen-bond acceptors (Lipinski definition) is 2. The molecule has 0 atom stereocenters. The molecule has 1 heterocycles. The average Bonchev–Trinajstić information content (AvgIpc) is 3.68. The summed E-state index contributed by atoms with van der Waals surface area (Å²) in [4.78, 5) is 2.43. The zero-order valence-electron chi connectivity index (χ0n) is 31.6. The molecule has 12 rings (SSSR count). The van der Waals surface area contributed by atoms with E-state index in [9.17, 15) is 0 Å². The Balaban J connectivity index is 1.13. The molecule has 2 heteroatoms. The number of furan rings is 1. The predicted octanol–water partition coefficient (Wildman–Crippen LogP) is 16.2. The Morgan fingerprint density at radius 1 is 0.310 bits per heavy atom. The molecule has 58 heavy (non-hydrogen) atoms. The highest BCUT2D eigenvalue weighted by Crippen LogP contribution is 2.47. The van der Waals surface area contributed by atoms with Crippen molar-refractivity contribution in [3.05, 3.63) is 212 Å². The molecule has 270 valence electrons. The minimum Gasteiger partial charge on any atom is -0.455 e. The lowest BCUT2D eigenvalue weighted by Crippen LogP contribution is -2.10. The van der Waals surface area contributed by atoms with Crippen LogP contribution in [0.25, 0.3) is 98.1 Å². The van der Waals surface area contributed by atoms with Crippen molar-refractivity contribution in [3.8, 4) is 22.3 Å². The first-order chi connectivity index (χ1) is 28.8. The lowest BCUT2D eigenvalue weighted by atomic mass is 9.89. The van der Waals surface area contributed by atoms with Crippen molar-refractivity contribution in [2.75, 3.05) is 4.90 Å². The average molecular weight is 738 g/mol. The van der Waals surface area contributed by atoms with E-state index in [0.29, 0.717) is 0 Å². The molecule has 0 aliphatic carbocycles. The maximum Gasteiger partial charge on any atom is 0.143 e. The highest BCUT2D eigenvalue weighted by Gasteiger charge is 2.21. The molecule has 0 aliphatic rings. The number of hydrogen-bond donors (Lipinski definition) is 0. The SMILES string of the molecule is c1ccc(-c2ccc(N(c3ccc(-c4cccc5c4oc4ccccc45)cc3)c3cc4cccc5c6ccccc6c6ccccc6c6cccc3c6c45)cc2)cc1. The topological polar surface area (TPSA) is 16.4 Å². The van der Waals surface area contributed by atoms with Crippen molar-refractivity contribution in [1.82, 2.24) is 0 Å². The fraction of sp³-hybridized carbons (Fsp3) is 0. The Kier molecular flexibility index (Phi) is 7.26. The molecule has 1 aromatic heterocycles. The van der Waals surface area contributed by atoms with Gasteiger partial charge in [0.25, 0.3) is 0 Å². The number of para-hydroxylation sites is 2. The summed E-state index contributed by atoms with van der Waals surface area (Å²) < 4.78 is 6.47. The van der Waals surface area contributed by atoms with E-state index >= 15 is 0 Å². The first-order valence-corrected chi connectivity index (χ1v) is 19.9. The van der Waals surface area contributed by atoms with Crippen molar-refractivity contribution in [2.24, 2.45) is 0 Å². The van der Waals surface area contributed by atoms with Crippen LogP contribution in [0.1, 0.15) is 0 Å². The van der Waals surface area contributed by atoms with Crippen LogP contribution in [0.2, 0.25) is 0 Å². The molecule has 0 amide bonds. The van der Waals surface area contributed by atoms with Gasteiger partial charge >= 0.3 is 0 Å². The Hall–Kier alpha value is -7.68. The molecular formula is C56H35NO. The molecule has 2 nitrogen and oxygen atoms in total. The van der Waals surface area contributed by atoms with Gasteiger partial charge in [-0.25, -0.2) is 0 Å². The van der Waals surface area contributed by atoms with Crippen LogP contribution >= 0.6 is 0 Å². The van der Waals surface area contributed by atoms with Crippen molar-refractivity contribution < 1.29 is 4.42 Å². The highest BCUT2D eigenvalue weighted by atomic mass is 16.3. The molecule has 0 unspecified atom stereocenters. The fourth-order valence-corrected chi connectivity index (χ4v) is 9.39. The first kappa shape index (κ1) is 32.6. The van der Waals surface area contributed by atoms with Crippen molar-refractivity contribution in [1.29, 1.82) is 0 Å². The Labute approximate surface area is 335 Å². The maximum atomic E-state index is 6.47. The van der Waals surface area contributed by atoms with Crippen LogP contribution in [0, 0.1) is 0 Å². The van der Waals surface area contributed by atoms with Gasteiger partial charge in [0.1, 0.15) is 11.2 Å². The van der Waals surface area contributed by atoms with Crippen LogP contribution in [-0.2, 0) is 0 Å². The molecule has 12 aromatic rings. The first-order valence-electron chi connectivity index (χ1n) is 19.9. The van der Waals surface area contributed by atoms with E-state index < -0.39 is 0 Å².